The van der Waals surface area contributed by atoms with Crippen LogP contribution in [0.15, 0.2) is 41.0 Å². The lowest BCUT2D eigenvalue weighted by molar-refractivity contribution is -0.118. The highest BCUT2D eigenvalue weighted by Gasteiger charge is 2.45. The smallest absolute Gasteiger partial charge is 0.243 e. The average Bonchev–Trinajstić information content (AvgIpc) is 2.76. The minimum Gasteiger partial charge on any atom is -0.443 e. The Kier molecular flexibility index (Phi) is 2.85. The van der Waals surface area contributed by atoms with E-state index < -0.39 is 5.92 Å². The molecule has 0 bridgehead atoms. The summed E-state index contributed by atoms with van der Waals surface area (Å²) in [5.41, 5.74) is 1.30. The molecule has 5 nitrogen and oxygen atoms in total. The van der Waals surface area contributed by atoms with Crippen molar-refractivity contribution in [3.63, 3.8) is 0 Å². The first-order valence-electron chi connectivity index (χ1n) is 6.58. The van der Waals surface area contributed by atoms with Gasteiger partial charge in [0.1, 0.15) is 5.76 Å². The van der Waals surface area contributed by atoms with Crippen LogP contribution in [0.2, 0.25) is 0 Å². The molecule has 0 amide bonds. The van der Waals surface area contributed by atoms with Crippen LogP contribution in [0, 0.1) is 5.41 Å². The van der Waals surface area contributed by atoms with E-state index in [0.29, 0.717) is 24.2 Å². The van der Waals surface area contributed by atoms with Crippen LogP contribution in [0.5, 0.6) is 0 Å². The Morgan fingerprint density at radius 2 is 2.25 bits per heavy atom. The first-order valence-corrected chi connectivity index (χ1v) is 6.58. The van der Waals surface area contributed by atoms with Gasteiger partial charge in [-0.3, -0.25) is 9.78 Å². The monoisotopic (exact) mass is 272 g/mol. The van der Waals surface area contributed by atoms with Crippen LogP contribution in [0.25, 0.3) is 0 Å². The number of Topliss-reactive ketones (excluding diaryl/α,β-unsaturated/α-hetero) is 1. The highest BCUT2D eigenvalue weighted by atomic mass is 16.5. The number of hydrogen-bond donors (Lipinski definition) is 1. The number of rotatable bonds is 1. The number of aromatic nitrogens is 1. The third kappa shape index (κ3) is 1.99. The van der Waals surface area contributed by atoms with E-state index in [4.69, 9.17) is 9.94 Å². The van der Waals surface area contributed by atoms with Gasteiger partial charge in [-0.25, -0.2) is 0 Å². The van der Waals surface area contributed by atoms with Gasteiger partial charge in [0.2, 0.25) is 5.90 Å². The van der Waals surface area contributed by atoms with Gasteiger partial charge in [-0.2, -0.15) is 0 Å². The Bertz CT molecular complexity index is 617. The number of ether oxygens (including phenoxy) is 1. The Morgan fingerprint density at radius 1 is 1.45 bits per heavy atom. The van der Waals surface area contributed by atoms with Crippen LogP contribution < -0.4 is 0 Å². The summed E-state index contributed by atoms with van der Waals surface area (Å²) in [7, 11) is 0. The third-order valence-corrected chi connectivity index (χ3v) is 3.76. The van der Waals surface area contributed by atoms with Crippen molar-refractivity contribution in [2.24, 2.45) is 10.6 Å². The summed E-state index contributed by atoms with van der Waals surface area (Å²) in [4.78, 5) is 16.5. The van der Waals surface area contributed by atoms with Crippen LogP contribution in [0.1, 0.15) is 38.2 Å². The molecule has 0 spiro atoms. The van der Waals surface area contributed by atoms with Gasteiger partial charge >= 0.3 is 0 Å². The average molecular weight is 272 g/mol. The van der Waals surface area contributed by atoms with Crippen LogP contribution in [-0.4, -0.2) is 21.9 Å². The highest BCUT2D eigenvalue weighted by Crippen LogP contribution is 2.46. The van der Waals surface area contributed by atoms with Crippen molar-refractivity contribution >= 4 is 11.7 Å². The number of ketones is 1. The summed E-state index contributed by atoms with van der Waals surface area (Å²) in [5.74, 6) is 0.415. The summed E-state index contributed by atoms with van der Waals surface area (Å²) < 4.78 is 5.62. The topological polar surface area (TPSA) is 71.8 Å². The van der Waals surface area contributed by atoms with E-state index >= 15 is 0 Å². The predicted molar refractivity (Wildman–Crippen MR) is 72.3 cm³/mol. The summed E-state index contributed by atoms with van der Waals surface area (Å²) in [6, 6.07) is 3.65. The fourth-order valence-electron chi connectivity index (χ4n) is 2.93. The van der Waals surface area contributed by atoms with Crippen molar-refractivity contribution in [3.05, 3.63) is 41.4 Å². The zero-order chi connectivity index (χ0) is 14.3. The highest BCUT2D eigenvalue weighted by molar-refractivity contribution is 6.08. The van der Waals surface area contributed by atoms with E-state index in [2.05, 4.69) is 10.1 Å². The van der Waals surface area contributed by atoms with Crippen LogP contribution in [-0.2, 0) is 9.53 Å². The SMILES string of the molecule is CC1(C)CC(=O)C2=C(C1)OC(=NO)C2c1cccnc1. The van der Waals surface area contributed by atoms with Crippen LogP contribution in [0.4, 0.5) is 0 Å². The van der Waals surface area contributed by atoms with E-state index in [9.17, 15) is 4.79 Å². The van der Waals surface area contributed by atoms with Crippen molar-refractivity contribution in [3.8, 4) is 0 Å². The largest absolute Gasteiger partial charge is 0.443 e. The molecule has 0 aromatic carbocycles. The molecule has 2 aliphatic rings. The van der Waals surface area contributed by atoms with Gasteiger partial charge in [-0.1, -0.05) is 25.1 Å². The summed E-state index contributed by atoms with van der Waals surface area (Å²) in [5, 5.41) is 12.4. The number of hydrogen-bond acceptors (Lipinski definition) is 5. The van der Waals surface area contributed by atoms with Crippen molar-refractivity contribution in [2.75, 3.05) is 0 Å². The first kappa shape index (κ1) is 12.8. The van der Waals surface area contributed by atoms with Crippen molar-refractivity contribution < 1.29 is 14.7 Å². The molecular weight excluding hydrogens is 256 g/mol. The van der Waals surface area contributed by atoms with Gasteiger partial charge in [0.05, 0.1) is 11.5 Å². The van der Waals surface area contributed by atoms with E-state index in [1.54, 1.807) is 18.5 Å². The molecule has 0 saturated heterocycles. The Labute approximate surface area is 117 Å². The number of nitrogens with zero attached hydrogens (tertiary/aromatic N) is 2. The van der Waals surface area contributed by atoms with E-state index in [-0.39, 0.29) is 17.1 Å². The van der Waals surface area contributed by atoms with E-state index in [0.717, 1.165) is 5.56 Å². The van der Waals surface area contributed by atoms with Crippen molar-refractivity contribution in [2.45, 2.75) is 32.6 Å². The molecule has 3 rings (SSSR count). The van der Waals surface area contributed by atoms with Crippen LogP contribution >= 0.6 is 0 Å². The Morgan fingerprint density at radius 3 is 2.90 bits per heavy atom. The number of oxime groups is 1. The fourth-order valence-corrected chi connectivity index (χ4v) is 2.93. The van der Waals surface area contributed by atoms with Gasteiger partial charge in [0, 0.05) is 25.2 Å². The molecule has 1 atom stereocenters. The second kappa shape index (κ2) is 4.44. The summed E-state index contributed by atoms with van der Waals surface area (Å²) >= 11 is 0. The minimum absolute atomic E-state index is 0.0590. The summed E-state index contributed by atoms with van der Waals surface area (Å²) in [6.07, 6.45) is 4.48. The second-order valence-electron chi connectivity index (χ2n) is 6.04. The van der Waals surface area contributed by atoms with E-state index in [1.165, 1.54) is 0 Å². The number of allylic oxidation sites excluding steroid dienone is 1. The zero-order valence-corrected chi connectivity index (χ0v) is 11.5. The lowest BCUT2D eigenvalue weighted by Gasteiger charge is -2.28. The summed E-state index contributed by atoms with van der Waals surface area (Å²) in [6.45, 7) is 4.07. The lowest BCUT2D eigenvalue weighted by Crippen LogP contribution is -2.26. The van der Waals surface area contributed by atoms with Crippen molar-refractivity contribution in [1.82, 2.24) is 4.98 Å². The van der Waals surface area contributed by atoms with Gasteiger partial charge in [0.25, 0.3) is 0 Å². The molecule has 2 heterocycles. The number of carbonyl (C=O) groups is 1. The van der Waals surface area contributed by atoms with E-state index in [1.807, 2.05) is 19.9 Å². The van der Waals surface area contributed by atoms with Gasteiger partial charge < -0.3 is 9.94 Å². The molecule has 5 heteroatoms. The second-order valence-corrected chi connectivity index (χ2v) is 6.04. The molecule has 1 N–H and O–H groups in total. The molecule has 0 radical (unpaired) electrons. The normalized spacial score (nSPS) is 26.6. The maximum absolute atomic E-state index is 12.4. The van der Waals surface area contributed by atoms with Crippen molar-refractivity contribution in [1.29, 1.82) is 0 Å². The molecule has 1 unspecified atom stereocenters. The Hall–Kier alpha value is -2.17. The quantitative estimate of drug-likeness (QED) is 0.630. The molecule has 20 heavy (non-hydrogen) atoms. The number of carbonyl (C=O) groups excluding carboxylic acids is 1. The molecule has 1 aliphatic carbocycles. The molecule has 1 aromatic heterocycles. The van der Waals surface area contributed by atoms with Gasteiger partial charge in [-0.15, -0.1) is 0 Å². The van der Waals surface area contributed by atoms with Gasteiger partial charge in [0.15, 0.2) is 5.78 Å². The molecular formula is C15H16N2O3. The first-order chi connectivity index (χ1) is 9.52. The molecule has 104 valence electrons. The Balaban J connectivity index is 2.09. The number of pyridine rings is 1. The van der Waals surface area contributed by atoms with Gasteiger partial charge in [-0.05, 0) is 17.0 Å². The third-order valence-electron chi connectivity index (χ3n) is 3.76. The standard InChI is InChI=1S/C15H16N2O3/c1-15(2)6-10(18)13-11(7-15)20-14(17-19)12(13)9-4-3-5-16-8-9/h3-5,8,12,19H,6-7H2,1-2H3. The maximum Gasteiger partial charge on any atom is 0.243 e. The molecule has 1 aromatic rings. The fraction of sp³-hybridized carbons (Fsp3) is 0.400. The minimum atomic E-state index is -0.438. The predicted octanol–water partition coefficient (Wildman–Crippen LogP) is 2.63. The molecule has 0 fully saturated rings. The molecule has 1 aliphatic heterocycles. The zero-order valence-electron chi connectivity index (χ0n) is 11.5. The molecule has 0 saturated carbocycles. The maximum atomic E-state index is 12.4. The van der Waals surface area contributed by atoms with Crippen LogP contribution in [0.3, 0.4) is 0 Å². The lowest BCUT2D eigenvalue weighted by atomic mass is 9.74.